The monoisotopic (exact) mass is 271 g/mol. The number of aromatic nitrogens is 2. The van der Waals surface area contributed by atoms with Crippen LogP contribution in [-0.4, -0.2) is 16.1 Å². The molecule has 1 unspecified atom stereocenters. The van der Waals surface area contributed by atoms with Crippen molar-refractivity contribution in [1.82, 2.24) is 14.9 Å². The molecule has 0 bridgehead atoms. The van der Waals surface area contributed by atoms with Crippen LogP contribution in [0.4, 0.5) is 0 Å². The molecule has 2 aliphatic rings. The number of rotatable bonds is 6. The molecule has 1 N–H and O–H groups in total. The first kappa shape index (κ1) is 12.2. The van der Waals surface area contributed by atoms with E-state index in [2.05, 4.69) is 14.9 Å². The molecule has 2 heterocycles. The number of hydrogen-bond donors (Lipinski definition) is 1. The van der Waals surface area contributed by atoms with E-state index in [1.54, 1.807) is 6.26 Å². The summed E-state index contributed by atoms with van der Waals surface area (Å²) >= 11 is 0. The quantitative estimate of drug-likeness (QED) is 0.878. The third-order valence-electron chi connectivity index (χ3n) is 4.94. The number of hydrogen-bond acceptors (Lipinski definition) is 3. The molecule has 1 atom stereocenters. The molecule has 0 amide bonds. The Bertz CT molecular complexity index is 579. The highest BCUT2D eigenvalue weighted by Gasteiger charge is 2.53. The van der Waals surface area contributed by atoms with Crippen molar-refractivity contribution in [3.63, 3.8) is 0 Å². The summed E-state index contributed by atoms with van der Waals surface area (Å²) in [5.41, 5.74) is 0.579. The van der Waals surface area contributed by atoms with Crippen LogP contribution in [-0.2, 0) is 7.05 Å². The molecule has 0 aliphatic heterocycles. The molecule has 2 aromatic heterocycles. The lowest BCUT2D eigenvalue weighted by Crippen LogP contribution is -2.31. The fraction of sp³-hybridized carbons (Fsp3) is 0.562. The van der Waals surface area contributed by atoms with Gasteiger partial charge in [-0.3, -0.25) is 0 Å². The number of imidazole rings is 1. The zero-order chi connectivity index (χ0) is 13.6. The fourth-order valence-corrected chi connectivity index (χ4v) is 3.32. The summed E-state index contributed by atoms with van der Waals surface area (Å²) < 4.78 is 7.69. The Morgan fingerprint density at radius 3 is 2.90 bits per heavy atom. The summed E-state index contributed by atoms with van der Waals surface area (Å²) in [4.78, 5) is 4.49. The SMILES string of the molecule is Cn1ccnc1C(NCC1(C2CC2)CC1)c1ccco1. The van der Waals surface area contributed by atoms with Crippen molar-refractivity contribution in [2.75, 3.05) is 6.54 Å². The molecular formula is C16H21N3O. The van der Waals surface area contributed by atoms with Gasteiger partial charge in [0.1, 0.15) is 17.6 Å². The Labute approximate surface area is 119 Å². The normalized spacial score (nSPS) is 21.9. The summed E-state index contributed by atoms with van der Waals surface area (Å²) in [6.07, 6.45) is 11.2. The minimum absolute atomic E-state index is 0.0567. The molecular weight excluding hydrogens is 250 g/mol. The second-order valence-electron chi connectivity index (χ2n) is 6.36. The van der Waals surface area contributed by atoms with E-state index in [0.29, 0.717) is 5.41 Å². The molecule has 20 heavy (non-hydrogen) atoms. The summed E-state index contributed by atoms with van der Waals surface area (Å²) in [5.74, 6) is 2.94. The van der Waals surface area contributed by atoms with Gasteiger partial charge in [-0.25, -0.2) is 4.98 Å². The van der Waals surface area contributed by atoms with Crippen molar-refractivity contribution in [2.24, 2.45) is 18.4 Å². The molecule has 106 valence electrons. The third kappa shape index (κ3) is 2.08. The van der Waals surface area contributed by atoms with Crippen LogP contribution in [0.25, 0.3) is 0 Å². The molecule has 2 fully saturated rings. The van der Waals surface area contributed by atoms with Gasteiger partial charge in [-0.1, -0.05) is 0 Å². The van der Waals surface area contributed by atoms with Crippen molar-refractivity contribution >= 4 is 0 Å². The maximum absolute atomic E-state index is 5.62. The second-order valence-corrected chi connectivity index (χ2v) is 6.36. The van der Waals surface area contributed by atoms with Crippen molar-refractivity contribution in [3.05, 3.63) is 42.4 Å². The van der Waals surface area contributed by atoms with Crippen LogP contribution in [0.2, 0.25) is 0 Å². The molecule has 4 nitrogen and oxygen atoms in total. The highest BCUT2D eigenvalue weighted by molar-refractivity contribution is 5.17. The first-order valence-corrected chi connectivity index (χ1v) is 7.52. The Morgan fingerprint density at radius 1 is 1.50 bits per heavy atom. The van der Waals surface area contributed by atoms with Gasteiger partial charge in [-0.2, -0.15) is 0 Å². The van der Waals surface area contributed by atoms with Gasteiger partial charge < -0.3 is 14.3 Å². The smallest absolute Gasteiger partial charge is 0.133 e. The van der Waals surface area contributed by atoms with Crippen LogP contribution in [0, 0.1) is 11.3 Å². The molecule has 2 saturated carbocycles. The van der Waals surface area contributed by atoms with Gasteiger partial charge in [0.15, 0.2) is 0 Å². The molecule has 0 spiro atoms. The third-order valence-corrected chi connectivity index (χ3v) is 4.94. The second kappa shape index (κ2) is 4.48. The van der Waals surface area contributed by atoms with E-state index >= 15 is 0 Å². The maximum Gasteiger partial charge on any atom is 0.133 e. The van der Waals surface area contributed by atoms with Gasteiger partial charge in [0, 0.05) is 26.0 Å². The van der Waals surface area contributed by atoms with Gasteiger partial charge in [-0.15, -0.1) is 0 Å². The van der Waals surface area contributed by atoms with Crippen LogP contribution in [0.15, 0.2) is 35.2 Å². The molecule has 4 rings (SSSR count). The number of nitrogens with one attached hydrogen (secondary N) is 1. The van der Waals surface area contributed by atoms with Crippen molar-refractivity contribution < 1.29 is 4.42 Å². The van der Waals surface area contributed by atoms with Crippen molar-refractivity contribution in [1.29, 1.82) is 0 Å². The van der Waals surface area contributed by atoms with Crippen molar-refractivity contribution in [2.45, 2.75) is 31.7 Å². The fourth-order valence-electron chi connectivity index (χ4n) is 3.32. The summed E-state index contributed by atoms with van der Waals surface area (Å²) in [5, 5.41) is 3.71. The van der Waals surface area contributed by atoms with Crippen LogP contribution in [0.5, 0.6) is 0 Å². The Kier molecular flexibility index (Phi) is 2.74. The van der Waals surface area contributed by atoms with Crippen LogP contribution < -0.4 is 5.32 Å². The first-order valence-electron chi connectivity index (χ1n) is 7.52. The van der Waals surface area contributed by atoms with Gasteiger partial charge in [-0.05, 0) is 49.1 Å². The Morgan fingerprint density at radius 2 is 2.35 bits per heavy atom. The van der Waals surface area contributed by atoms with Gasteiger partial charge in [0.2, 0.25) is 0 Å². The molecule has 0 radical (unpaired) electrons. The highest BCUT2D eigenvalue weighted by Crippen LogP contribution is 2.61. The maximum atomic E-state index is 5.62. The standard InChI is InChI=1S/C16H21N3O/c1-19-9-8-17-15(19)14(13-3-2-10-20-13)18-11-16(6-7-16)12-4-5-12/h2-3,8-10,12,14,18H,4-7,11H2,1H3. The van der Waals surface area contributed by atoms with E-state index in [-0.39, 0.29) is 6.04 Å². The van der Waals surface area contributed by atoms with E-state index in [9.17, 15) is 0 Å². The zero-order valence-corrected chi connectivity index (χ0v) is 11.9. The molecule has 2 aromatic rings. The van der Waals surface area contributed by atoms with E-state index in [1.165, 1.54) is 25.7 Å². The molecule has 0 saturated heterocycles. The minimum Gasteiger partial charge on any atom is -0.467 e. The number of furan rings is 1. The minimum atomic E-state index is 0.0567. The molecule has 2 aliphatic carbocycles. The summed E-state index contributed by atoms with van der Waals surface area (Å²) in [7, 11) is 2.04. The Balaban J connectivity index is 1.54. The average Bonchev–Trinajstić information content (AvgIpc) is 3.34. The zero-order valence-electron chi connectivity index (χ0n) is 11.9. The van der Waals surface area contributed by atoms with Crippen LogP contribution >= 0.6 is 0 Å². The number of aryl methyl sites for hydroxylation is 1. The largest absolute Gasteiger partial charge is 0.467 e. The topological polar surface area (TPSA) is 43.0 Å². The predicted octanol–water partition coefficient (Wildman–Crippen LogP) is 2.88. The van der Waals surface area contributed by atoms with E-state index < -0.39 is 0 Å². The van der Waals surface area contributed by atoms with E-state index in [0.717, 1.165) is 24.0 Å². The van der Waals surface area contributed by atoms with Gasteiger partial charge in [0.25, 0.3) is 0 Å². The van der Waals surface area contributed by atoms with Crippen molar-refractivity contribution in [3.8, 4) is 0 Å². The predicted molar refractivity (Wildman–Crippen MR) is 76.2 cm³/mol. The Hall–Kier alpha value is -1.55. The van der Waals surface area contributed by atoms with Crippen LogP contribution in [0.1, 0.15) is 43.3 Å². The molecule has 4 heteroatoms. The first-order chi connectivity index (χ1) is 9.78. The van der Waals surface area contributed by atoms with Gasteiger partial charge >= 0.3 is 0 Å². The lowest BCUT2D eigenvalue weighted by Gasteiger charge is -2.21. The summed E-state index contributed by atoms with van der Waals surface area (Å²) in [6, 6.07) is 4.03. The lowest BCUT2D eigenvalue weighted by molar-refractivity contribution is 0.357. The average molecular weight is 271 g/mol. The summed E-state index contributed by atoms with van der Waals surface area (Å²) in [6.45, 7) is 1.08. The van der Waals surface area contributed by atoms with E-state index in [1.807, 2.05) is 31.6 Å². The van der Waals surface area contributed by atoms with Gasteiger partial charge in [0.05, 0.1) is 6.26 Å². The lowest BCUT2D eigenvalue weighted by atomic mass is 10.00. The van der Waals surface area contributed by atoms with E-state index in [4.69, 9.17) is 4.42 Å². The van der Waals surface area contributed by atoms with Crippen LogP contribution in [0.3, 0.4) is 0 Å². The molecule has 0 aromatic carbocycles. The highest BCUT2D eigenvalue weighted by atomic mass is 16.3. The number of nitrogens with zero attached hydrogens (tertiary/aromatic N) is 2.